The van der Waals surface area contributed by atoms with Gasteiger partial charge in [0.2, 0.25) is 0 Å². The van der Waals surface area contributed by atoms with Gasteiger partial charge >= 0.3 is 6.18 Å². The van der Waals surface area contributed by atoms with Gasteiger partial charge in [0, 0.05) is 37.6 Å². The van der Waals surface area contributed by atoms with E-state index in [4.69, 9.17) is 4.74 Å². The molecule has 148 valence electrons. The first-order chi connectivity index (χ1) is 12.8. The maximum absolute atomic E-state index is 13.3. The fraction of sp³-hybridized carbons (Fsp3) is 0.632. The van der Waals surface area contributed by atoms with Gasteiger partial charge in [0.05, 0.1) is 11.7 Å². The van der Waals surface area contributed by atoms with E-state index in [1.165, 1.54) is 6.42 Å². The molecule has 27 heavy (non-hydrogen) atoms. The van der Waals surface area contributed by atoms with E-state index < -0.39 is 17.6 Å². The van der Waals surface area contributed by atoms with E-state index in [-0.39, 0.29) is 23.6 Å². The Morgan fingerprint density at radius 1 is 1.33 bits per heavy atom. The van der Waals surface area contributed by atoms with Gasteiger partial charge in [-0.05, 0) is 37.0 Å². The van der Waals surface area contributed by atoms with Crippen LogP contribution >= 0.6 is 0 Å². The van der Waals surface area contributed by atoms with Crippen LogP contribution < -0.4 is 10.6 Å². The van der Waals surface area contributed by atoms with E-state index in [2.05, 4.69) is 15.6 Å². The molecule has 1 aromatic carbocycles. The van der Waals surface area contributed by atoms with E-state index in [1.807, 2.05) is 0 Å². The summed E-state index contributed by atoms with van der Waals surface area (Å²) in [6.07, 6.45) is 0.0983. The van der Waals surface area contributed by atoms with Crippen molar-refractivity contribution >= 4 is 5.96 Å². The molecule has 3 atom stereocenters. The second kappa shape index (κ2) is 6.65. The Morgan fingerprint density at radius 3 is 2.74 bits per heavy atom. The van der Waals surface area contributed by atoms with Gasteiger partial charge in [0.25, 0.3) is 0 Å². The highest BCUT2D eigenvalue weighted by Crippen LogP contribution is 2.62. The first-order valence-electron chi connectivity index (χ1n) is 9.29. The molecule has 3 aliphatic rings. The molecule has 0 radical (unpaired) electrons. The van der Waals surface area contributed by atoms with Gasteiger partial charge in [-0.15, -0.1) is 0 Å². The molecule has 1 aliphatic heterocycles. The van der Waals surface area contributed by atoms with Crippen LogP contribution in [0.1, 0.15) is 36.8 Å². The fourth-order valence-electron chi connectivity index (χ4n) is 4.94. The Balaban J connectivity index is 1.44. The molecule has 1 saturated heterocycles. The number of alkyl halides is 3. The zero-order valence-corrected chi connectivity index (χ0v) is 15.1. The molecular weight excluding hydrogens is 362 g/mol. The number of nitrogens with zero attached hydrogens (tertiary/aromatic N) is 1. The molecule has 0 bridgehead atoms. The summed E-state index contributed by atoms with van der Waals surface area (Å²) >= 11 is 0. The monoisotopic (exact) mass is 385 g/mol. The van der Waals surface area contributed by atoms with Gasteiger partial charge in [0.15, 0.2) is 5.96 Å². The summed E-state index contributed by atoms with van der Waals surface area (Å²) in [5.74, 6) is -0.00303. The minimum atomic E-state index is -4.60. The Morgan fingerprint density at radius 2 is 2.11 bits per heavy atom. The van der Waals surface area contributed by atoms with Gasteiger partial charge < -0.3 is 15.4 Å². The molecule has 1 heterocycles. The lowest BCUT2D eigenvalue weighted by atomic mass is 9.46. The number of aliphatic imine (C=N–C) groups is 1. The van der Waals surface area contributed by atoms with Crippen molar-refractivity contribution in [3.8, 4) is 0 Å². The zero-order chi connectivity index (χ0) is 19.2. The molecule has 4 rings (SSSR count). The number of hydrogen-bond donors (Lipinski definition) is 2. The lowest BCUT2D eigenvalue weighted by Crippen LogP contribution is -2.72. The highest BCUT2D eigenvalue weighted by Gasteiger charge is 2.66. The van der Waals surface area contributed by atoms with Crippen LogP contribution in [0, 0.1) is 17.2 Å². The predicted molar refractivity (Wildman–Crippen MR) is 92.7 cm³/mol. The topological polar surface area (TPSA) is 45.7 Å². The summed E-state index contributed by atoms with van der Waals surface area (Å²) in [5.41, 5.74) is -0.832. The predicted octanol–water partition coefficient (Wildman–Crippen LogP) is 3.47. The van der Waals surface area contributed by atoms with Crippen molar-refractivity contribution in [1.82, 2.24) is 10.6 Å². The van der Waals surface area contributed by atoms with Crippen LogP contribution in [-0.4, -0.2) is 31.8 Å². The van der Waals surface area contributed by atoms with Gasteiger partial charge in [-0.1, -0.05) is 12.5 Å². The zero-order valence-electron chi connectivity index (χ0n) is 15.1. The maximum Gasteiger partial charge on any atom is 0.416 e. The number of guanidine groups is 1. The molecular formula is C19H23F4N3O. The lowest BCUT2D eigenvalue weighted by Gasteiger charge is -2.63. The number of halogens is 4. The number of fused-ring (bicyclic) bond motifs is 2. The summed E-state index contributed by atoms with van der Waals surface area (Å²) in [7, 11) is 1.60. The summed E-state index contributed by atoms with van der Waals surface area (Å²) in [6.45, 7) is 0.685. The van der Waals surface area contributed by atoms with Gasteiger partial charge in [0.1, 0.15) is 5.82 Å². The smallest absolute Gasteiger partial charge is 0.377 e. The van der Waals surface area contributed by atoms with Gasteiger partial charge in [-0.2, -0.15) is 13.2 Å². The average Bonchev–Trinajstić information content (AvgIpc) is 2.99. The number of nitrogens with one attached hydrogen (secondary N) is 2. The first-order valence-corrected chi connectivity index (χ1v) is 9.29. The third kappa shape index (κ3) is 3.07. The molecule has 4 nitrogen and oxygen atoms in total. The van der Waals surface area contributed by atoms with Crippen molar-refractivity contribution in [2.24, 2.45) is 16.3 Å². The Bertz CT molecular complexity index is 745. The standard InChI is InChI=1S/C19H23F4N3O/c1-24-17(25-10-11-3-4-12(20)9-14(11)19(21,22)23)26-15-13-5-8-27-16(13)18(15)6-2-7-18/h3-4,9,13,15-16H,2,5-8,10H2,1H3,(H2,24,25,26). The van der Waals surface area contributed by atoms with E-state index in [1.54, 1.807) is 7.05 Å². The van der Waals surface area contributed by atoms with Gasteiger partial charge in [-0.25, -0.2) is 4.39 Å². The second-order valence-corrected chi connectivity index (χ2v) is 7.68. The number of rotatable bonds is 3. The minimum absolute atomic E-state index is 0.0131. The van der Waals surface area contributed by atoms with Crippen LogP contribution in [-0.2, 0) is 17.5 Å². The van der Waals surface area contributed by atoms with Crippen molar-refractivity contribution in [1.29, 1.82) is 0 Å². The van der Waals surface area contributed by atoms with E-state index in [0.29, 0.717) is 24.0 Å². The lowest BCUT2D eigenvalue weighted by molar-refractivity contribution is -0.171. The van der Waals surface area contributed by atoms with Crippen molar-refractivity contribution in [3.05, 3.63) is 35.1 Å². The van der Waals surface area contributed by atoms with Crippen LogP contribution in [0.4, 0.5) is 17.6 Å². The SMILES string of the molecule is CN=C(NCc1ccc(F)cc1C(F)(F)F)NC1C2CCOC2C12CCC2. The molecule has 3 fully saturated rings. The highest BCUT2D eigenvalue weighted by molar-refractivity contribution is 5.80. The van der Waals surface area contributed by atoms with Crippen LogP contribution in [0.15, 0.2) is 23.2 Å². The number of hydrogen-bond acceptors (Lipinski definition) is 2. The summed E-state index contributed by atoms with van der Waals surface area (Å²) < 4.78 is 58.6. The highest BCUT2D eigenvalue weighted by atomic mass is 19.4. The molecule has 8 heteroatoms. The fourth-order valence-corrected chi connectivity index (χ4v) is 4.94. The molecule has 2 saturated carbocycles. The minimum Gasteiger partial charge on any atom is -0.377 e. The van der Waals surface area contributed by atoms with Crippen molar-refractivity contribution < 1.29 is 22.3 Å². The van der Waals surface area contributed by atoms with Crippen LogP contribution in [0.25, 0.3) is 0 Å². The van der Waals surface area contributed by atoms with E-state index >= 15 is 0 Å². The van der Waals surface area contributed by atoms with Crippen molar-refractivity contribution in [3.63, 3.8) is 0 Å². The molecule has 0 aromatic heterocycles. The molecule has 2 aliphatic carbocycles. The quantitative estimate of drug-likeness (QED) is 0.476. The van der Waals surface area contributed by atoms with E-state index in [9.17, 15) is 17.6 Å². The number of ether oxygens (including phenoxy) is 1. The normalized spacial score (nSPS) is 29.1. The average molecular weight is 385 g/mol. The summed E-state index contributed by atoms with van der Waals surface area (Å²) in [6, 6.07) is 2.97. The molecule has 1 spiro atoms. The Labute approximate surface area is 155 Å². The molecule has 3 unspecified atom stereocenters. The number of benzene rings is 1. The van der Waals surface area contributed by atoms with Crippen LogP contribution in [0.2, 0.25) is 0 Å². The largest absolute Gasteiger partial charge is 0.416 e. The third-order valence-electron chi connectivity index (χ3n) is 6.38. The maximum atomic E-state index is 13.3. The Kier molecular flexibility index (Phi) is 4.56. The third-order valence-corrected chi connectivity index (χ3v) is 6.38. The molecule has 1 aromatic rings. The first kappa shape index (κ1) is 18.5. The van der Waals surface area contributed by atoms with Crippen molar-refractivity contribution in [2.75, 3.05) is 13.7 Å². The summed E-state index contributed by atoms with van der Waals surface area (Å²) in [4.78, 5) is 4.17. The van der Waals surface area contributed by atoms with Gasteiger partial charge in [-0.3, -0.25) is 4.99 Å². The Hall–Kier alpha value is -1.83. The second-order valence-electron chi connectivity index (χ2n) is 7.68. The summed E-state index contributed by atoms with van der Waals surface area (Å²) in [5, 5.41) is 6.37. The van der Waals surface area contributed by atoms with Crippen LogP contribution in [0.5, 0.6) is 0 Å². The van der Waals surface area contributed by atoms with Crippen LogP contribution in [0.3, 0.4) is 0 Å². The van der Waals surface area contributed by atoms with E-state index in [0.717, 1.165) is 38.0 Å². The molecule has 2 N–H and O–H groups in total. The molecule has 0 amide bonds. The van der Waals surface area contributed by atoms with Crippen molar-refractivity contribution in [2.45, 2.75) is 50.6 Å².